The first-order valence-corrected chi connectivity index (χ1v) is 10.7. The standard InChI is InChI=1S/C22H28N2O5S/c1-14(2)13-28-22(26)24(3)12-16-10-15(21(23)25)6-8-18(16)29-17-7-9-20(30-5)19(11-17)27-4/h6-11,14H,12-13H2,1-5H3,(H2,23,25). The molecule has 0 heterocycles. The van der Waals surface area contributed by atoms with Crippen molar-refractivity contribution in [3.63, 3.8) is 0 Å². The van der Waals surface area contributed by atoms with Crippen molar-refractivity contribution in [2.24, 2.45) is 11.7 Å². The van der Waals surface area contributed by atoms with Crippen LogP contribution in [0.2, 0.25) is 0 Å². The molecule has 2 amide bonds. The van der Waals surface area contributed by atoms with Gasteiger partial charge in [0.25, 0.3) is 0 Å². The number of primary amides is 1. The van der Waals surface area contributed by atoms with Crippen molar-refractivity contribution in [1.29, 1.82) is 0 Å². The number of nitrogens with zero attached hydrogens (tertiary/aromatic N) is 1. The molecule has 0 aliphatic carbocycles. The van der Waals surface area contributed by atoms with Gasteiger partial charge in [0, 0.05) is 29.1 Å². The summed E-state index contributed by atoms with van der Waals surface area (Å²) in [7, 11) is 3.23. The molecule has 0 radical (unpaired) electrons. The summed E-state index contributed by atoms with van der Waals surface area (Å²) < 4.78 is 16.7. The van der Waals surface area contributed by atoms with Gasteiger partial charge in [0.2, 0.25) is 5.91 Å². The van der Waals surface area contributed by atoms with Crippen molar-refractivity contribution >= 4 is 23.8 Å². The molecule has 0 unspecified atom stereocenters. The lowest BCUT2D eigenvalue weighted by Crippen LogP contribution is -2.28. The maximum Gasteiger partial charge on any atom is 0.409 e. The second-order valence-corrected chi connectivity index (χ2v) is 7.98. The molecule has 30 heavy (non-hydrogen) atoms. The molecular formula is C22H28N2O5S. The highest BCUT2D eigenvalue weighted by atomic mass is 32.2. The first kappa shape index (κ1) is 23.4. The molecule has 7 nitrogen and oxygen atoms in total. The molecule has 0 saturated carbocycles. The third-order valence-electron chi connectivity index (χ3n) is 4.19. The molecule has 0 aliphatic rings. The fourth-order valence-corrected chi connectivity index (χ4v) is 3.18. The minimum absolute atomic E-state index is 0.188. The lowest BCUT2D eigenvalue weighted by Gasteiger charge is -2.20. The summed E-state index contributed by atoms with van der Waals surface area (Å²) in [4.78, 5) is 26.3. The predicted molar refractivity (Wildman–Crippen MR) is 117 cm³/mol. The molecule has 0 spiro atoms. The number of rotatable bonds is 9. The van der Waals surface area contributed by atoms with Gasteiger partial charge < -0.3 is 24.8 Å². The Kier molecular flexibility index (Phi) is 8.41. The Bertz CT molecular complexity index is 901. The number of nitrogens with two attached hydrogens (primary N) is 1. The van der Waals surface area contributed by atoms with Gasteiger partial charge in [0.15, 0.2) is 0 Å². The van der Waals surface area contributed by atoms with Crippen molar-refractivity contribution in [1.82, 2.24) is 4.90 Å². The van der Waals surface area contributed by atoms with Gasteiger partial charge in [-0.2, -0.15) is 0 Å². The van der Waals surface area contributed by atoms with Crippen LogP contribution < -0.4 is 15.2 Å². The highest BCUT2D eigenvalue weighted by Crippen LogP contribution is 2.34. The molecule has 0 atom stereocenters. The zero-order valence-corrected chi connectivity index (χ0v) is 18.7. The summed E-state index contributed by atoms with van der Waals surface area (Å²) in [6.07, 6.45) is 1.51. The first-order valence-electron chi connectivity index (χ1n) is 9.45. The average Bonchev–Trinajstić information content (AvgIpc) is 2.72. The molecule has 2 rings (SSSR count). The van der Waals surface area contributed by atoms with Gasteiger partial charge >= 0.3 is 6.09 Å². The number of hydrogen-bond acceptors (Lipinski definition) is 6. The van der Waals surface area contributed by atoms with Crippen LogP contribution in [0.25, 0.3) is 0 Å². The predicted octanol–water partition coefficient (Wildman–Crippen LogP) is 4.53. The van der Waals surface area contributed by atoms with Gasteiger partial charge in [-0.25, -0.2) is 4.79 Å². The number of carbonyl (C=O) groups excluding carboxylic acids is 2. The molecule has 0 saturated heterocycles. The molecule has 162 valence electrons. The number of ether oxygens (including phenoxy) is 3. The topological polar surface area (TPSA) is 91.1 Å². The van der Waals surface area contributed by atoms with Crippen LogP contribution in [0, 0.1) is 5.92 Å². The van der Waals surface area contributed by atoms with Crippen LogP contribution in [0.5, 0.6) is 17.2 Å². The number of thioether (sulfide) groups is 1. The van der Waals surface area contributed by atoms with E-state index < -0.39 is 12.0 Å². The van der Waals surface area contributed by atoms with E-state index in [1.165, 1.54) is 4.90 Å². The third-order valence-corrected chi connectivity index (χ3v) is 4.96. The minimum atomic E-state index is -0.557. The van der Waals surface area contributed by atoms with Crippen molar-refractivity contribution < 1.29 is 23.8 Å². The Morgan fingerprint density at radius 2 is 1.87 bits per heavy atom. The second-order valence-electron chi connectivity index (χ2n) is 7.13. The SMILES string of the molecule is COc1cc(Oc2ccc(C(N)=O)cc2CN(C)C(=O)OCC(C)C)ccc1SC. The maximum absolute atomic E-state index is 12.2. The van der Waals surface area contributed by atoms with Crippen molar-refractivity contribution in [2.45, 2.75) is 25.3 Å². The lowest BCUT2D eigenvalue weighted by atomic mass is 10.1. The molecular weight excluding hydrogens is 404 g/mol. The van der Waals surface area contributed by atoms with Crippen LogP contribution in [0.3, 0.4) is 0 Å². The van der Waals surface area contributed by atoms with E-state index in [2.05, 4.69) is 0 Å². The smallest absolute Gasteiger partial charge is 0.409 e. The van der Waals surface area contributed by atoms with E-state index >= 15 is 0 Å². The molecule has 2 aromatic rings. The van der Waals surface area contributed by atoms with Gasteiger partial charge in [-0.05, 0) is 42.5 Å². The normalized spacial score (nSPS) is 10.6. The fourth-order valence-electron chi connectivity index (χ4n) is 2.63. The van der Waals surface area contributed by atoms with E-state index in [0.717, 1.165) is 4.90 Å². The van der Waals surface area contributed by atoms with Gasteiger partial charge in [-0.3, -0.25) is 4.79 Å². The molecule has 0 bridgehead atoms. The van der Waals surface area contributed by atoms with Gasteiger partial charge in [0.1, 0.15) is 17.2 Å². The number of hydrogen-bond donors (Lipinski definition) is 1. The summed E-state index contributed by atoms with van der Waals surface area (Å²) in [5.74, 6) is 1.45. The Labute approximate surface area is 181 Å². The number of benzene rings is 2. The first-order chi connectivity index (χ1) is 14.2. The van der Waals surface area contributed by atoms with Crippen LogP contribution in [-0.2, 0) is 11.3 Å². The highest BCUT2D eigenvalue weighted by Gasteiger charge is 2.17. The molecule has 2 N–H and O–H groups in total. The average molecular weight is 433 g/mol. The van der Waals surface area contributed by atoms with Crippen molar-refractivity contribution in [2.75, 3.05) is 27.0 Å². The Hall–Kier alpha value is -2.87. The van der Waals surface area contributed by atoms with E-state index in [9.17, 15) is 9.59 Å². The molecule has 0 aliphatic heterocycles. The number of methoxy groups -OCH3 is 1. The Morgan fingerprint density at radius 3 is 2.47 bits per heavy atom. The maximum atomic E-state index is 12.2. The van der Waals surface area contributed by atoms with Gasteiger partial charge in [0.05, 0.1) is 20.3 Å². The van der Waals surface area contributed by atoms with Crippen LogP contribution in [0.1, 0.15) is 29.8 Å². The Morgan fingerprint density at radius 1 is 1.13 bits per heavy atom. The van der Waals surface area contributed by atoms with E-state index in [4.69, 9.17) is 19.9 Å². The molecule has 0 aromatic heterocycles. The zero-order chi connectivity index (χ0) is 22.3. The number of carbonyl (C=O) groups is 2. The molecule has 2 aromatic carbocycles. The quantitative estimate of drug-likeness (QED) is 0.585. The largest absolute Gasteiger partial charge is 0.495 e. The zero-order valence-electron chi connectivity index (χ0n) is 17.9. The van der Waals surface area contributed by atoms with E-state index in [1.807, 2.05) is 32.2 Å². The highest BCUT2D eigenvalue weighted by molar-refractivity contribution is 7.98. The summed E-state index contributed by atoms with van der Waals surface area (Å²) >= 11 is 1.57. The van der Waals surface area contributed by atoms with Crippen LogP contribution in [0.4, 0.5) is 4.79 Å². The summed E-state index contributed by atoms with van der Waals surface area (Å²) in [5, 5.41) is 0. The van der Waals surface area contributed by atoms with E-state index in [-0.39, 0.29) is 12.5 Å². The van der Waals surface area contributed by atoms with Crippen LogP contribution in [-0.4, -0.2) is 43.9 Å². The third kappa shape index (κ3) is 6.32. The van der Waals surface area contributed by atoms with E-state index in [0.29, 0.717) is 35.0 Å². The summed E-state index contributed by atoms with van der Waals surface area (Å²) in [5.41, 5.74) is 6.38. The van der Waals surface area contributed by atoms with Gasteiger partial charge in [-0.15, -0.1) is 11.8 Å². The monoisotopic (exact) mass is 432 g/mol. The molecule has 8 heteroatoms. The lowest BCUT2D eigenvalue weighted by molar-refractivity contribution is 0.0979. The van der Waals surface area contributed by atoms with Crippen molar-refractivity contribution in [3.05, 3.63) is 47.5 Å². The minimum Gasteiger partial charge on any atom is -0.495 e. The summed E-state index contributed by atoms with van der Waals surface area (Å²) in [6, 6.07) is 10.4. The van der Waals surface area contributed by atoms with Crippen LogP contribution >= 0.6 is 11.8 Å². The summed E-state index contributed by atoms with van der Waals surface area (Å²) in [6.45, 7) is 4.45. The fraction of sp³-hybridized carbons (Fsp3) is 0.364. The molecule has 0 fully saturated rings. The van der Waals surface area contributed by atoms with Crippen molar-refractivity contribution in [3.8, 4) is 17.2 Å². The Balaban J connectivity index is 2.29. The van der Waals surface area contributed by atoms with E-state index in [1.54, 1.807) is 50.2 Å². The van der Waals surface area contributed by atoms with Gasteiger partial charge in [-0.1, -0.05) is 13.8 Å². The van der Waals surface area contributed by atoms with Crippen LogP contribution in [0.15, 0.2) is 41.3 Å². The number of amides is 2. The second kappa shape index (κ2) is 10.8.